The summed E-state index contributed by atoms with van der Waals surface area (Å²) in [5.74, 6) is 0.386. The van der Waals surface area contributed by atoms with Crippen molar-refractivity contribution in [3.05, 3.63) is 11.6 Å². The molecule has 0 saturated heterocycles. The van der Waals surface area contributed by atoms with Crippen molar-refractivity contribution in [2.75, 3.05) is 19.6 Å². The minimum absolute atomic E-state index is 0. The molecule has 4 heteroatoms. The number of halogens is 1. The van der Waals surface area contributed by atoms with Gasteiger partial charge in [-0.1, -0.05) is 39.3 Å². The van der Waals surface area contributed by atoms with Crippen LogP contribution in [-0.2, 0) is 4.79 Å². The predicted molar refractivity (Wildman–Crippen MR) is 76.9 cm³/mol. The van der Waals surface area contributed by atoms with E-state index in [2.05, 4.69) is 44.4 Å². The van der Waals surface area contributed by atoms with E-state index >= 15 is 0 Å². The second-order valence-corrected chi connectivity index (χ2v) is 6.41. The number of hydrogen-bond donors (Lipinski definition) is 2. The maximum atomic E-state index is 12.1. The van der Waals surface area contributed by atoms with Gasteiger partial charge in [-0.05, 0) is 23.8 Å². The molecule has 2 N–H and O–H groups in total. The molecule has 1 amide bonds. The molecule has 1 aliphatic carbocycles. The van der Waals surface area contributed by atoms with Crippen LogP contribution in [0.1, 0.15) is 34.1 Å². The van der Waals surface area contributed by atoms with Crippen LogP contribution in [0.4, 0.5) is 0 Å². The fourth-order valence-corrected chi connectivity index (χ4v) is 2.98. The number of hydrogen-bond acceptors (Lipinski definition) is 2. The largest absolute Gasteiger partial charge is 0.352 e. The fourth-order valence-electron chi connectivity index (χ4n) is 2.98. The van der Waals surface area contributed by atoms with E-state index in [9.17, 15) is 4.79 Å². The Hall–Kier alpha value is -0.540. The summed E-state index contributed by atoms with van der Waals surface area (Å²) < 4.78 is 0. The van der Waals surface area contributed by atoms with Crippen LogP contribution in [-0.4, -0.2) is 25.5 Å². The van der Waals surface area contributed by atoms with Crippen LogP contribution in [0.2, 0.25) is 0 Å². The summed E-state index contributed by atoms with van der Waals surface area (Å²) in [7, 11) is 0. The highest BCUT2D eigenvalue weighted by Gasteiger charge is 2.68. The van der Waals surface area contributed by atoms with Gasteiger partial charge in [-0.15, -0.1) is 12.4 Å². The van der Waals surface area contributed by atoms with Crippen molar-refractivity contribution < 1.29 is 4.79 Å². The van der Waals surface area contributed by atoms with Gasteiger partial charge in [-0.3, -0.25) is 4.79 Å². The number of carbonyl (C=O) groups is 1. The number of nitrogens with one attached hydrogen (secondary N) is 2. The molecule has 0 aromatic rings. The van der Waals surface area contributed by atoms with Crippen LogP contribution >= 0.6 is 12.4 Å². The first-order chi connectivity index (χ1) is 7.87. The van der Waals surface area contributed by atoms with Crippen LogP contribution in [0, 0.1) is 16.7 Å². The molecule has 0 spiro atoms. The first-order valence-electron chi connectivity index (χ1n) is 6.53. The molecular formula is C14H25ClN2O. The standard InChI is InChI=1S/C14H24N2O.ClH/c1-13(2)11(14(13,3)4)12(17)16-9-10-5-7-15-8-6-10;/h5,11,15H,6-9H2,1-4H3,(H,16,17);1H. The molecule has 2 aliphatic rings. The van der Waals surface area contributed by atoms with Gasteiger partial charge in [0.1, 0.15) is 0 Å². The van der Waals surface area contributed by atoms with Gasteiger partial charge in [0.2, 0.25) is 5.91 Å². The summed E-state index contributed by atoms with van der Waals surface area (Å²) >= 11 is 0. The maximum Gasteiger partial charge on any atom is 0.224 e. The van der Waals surface area contributed by atoms with Crippen molar-refractivity contribution in [1.29, 1.82) is 0 Å². The van der Waals surface area contributed by atoms with E-state index in [4.69, 9.17) is 0 Å². The third-order valence-corrected chi connectivity index (χ3v) is 4.93. The van der Waals surface area contributed by atoms with Gasteiger partial charge in [0.25, 0.3) is 0 Å². The van der Waals surface area contributed by atoms with Crippen molar-refractivity contribution in [1.82, 2.24) is 10.6 Å². The first-order valence-corrected chi connectivity index (χ1v) is 6.53. The van der Waals surface area contributed by atoms with Crippen LogP contribution in [0.3, 0.4) is 0 Å². The van der Waals surface area contributed by atoms with Gasteiger partial charge in [-0.25, -0.2) is 0 Å². The zero-order valence-corrected chi connectivity index (χ0v) is 12.6. The zero-order valence-electron chi connectivity index (χ0n) is 11.8. The van der Waals surface area contributed by atoms with E-state index in [1.54, 1.807) is 0 Å². The molecule has 1 fully saturated rings. The SMILES string of the molecule is CC1(C)C(C(=O)NCC2=CCNCC2)C1(C)C.Cl. The van der Waals surface area contributed by atoms with Crippen molar-refractivity contribution in [3.63, 3.8) is 0 Å². The van der Waals surface area contributed by atoms with Crippen LogP contribution < -0.4 is 10.6 Å². The van der Waals surface area contributed by atoms with Gasteiger partial charge in [0.15, 0.2) is 0 Å². The lowest BCUT2D eigenvalue weighted by molar-refractivity contribution is -0.123. The zero-order chi connectivity index (χ0) is 12.7. The van der Waals surface area contributed by atoms with E-state index in [1.165, 1.54) is 5.57 Å². The van der Waals surface area contributed by atoms with Gasteiger partial charge < -0.3 is 10.6 Å². The van der Waals surface area contributed by atoms with Crippen LogP contribution in [0.25, 0.3) is 0 Å². The van der Waals surface area contributed by atoms with Gasteiger partial charge in [-0.2, -0.15) is 0 Å². The third kappa shape index (κ3) is 2.57. The van der Waals surface area contributed by atoms with Crippen molar-refractivity contribution in [2.45, 2.75) is 34.1 Å². The number of rotatable bonds is 3. The molecule has 0 aromatic carbocycles. The Bertz CT molecular complexity index is 347. The Labute approximate surface area is 116 Å². The lowest BCUT2D eigenvalue weighted by Crippen LogP contribution is -2.31. The van der Waals surface area contributed by atoms with Gasteiger partial charge in [0, 0.05) is 19.0 Å². The minimum Gasteiger partial charge on any atom is -0.352 e. The number of amides is 1. The molecule has 2 rings (SSSR count). The molecule has 0 bridgehead atoms. The van der Waals surface area contributed by atoms with E-state index < -0.39 is 0 Å². The Morgan fingerprint density at radius 1 is 1.39 bits per heavy atom. The maximum absolute atomic E-state index is 12.1. The molecule has 1 heterocycles. The highest BCUT2D eigenvalue weighted by Crippen LogP contribution is 2.68. The molecular weight excluding hydrogens is 248 g/mol. The molecule has 18 heavy (non-hydrogen) atoms. The van der Waals surface area contributed by atoms with Crippen molar-refractivity contribution in [3.8, 4) is 0 Å². The molecule has 1 saturated carbocycles. The van der Waals surface area contributed by atoms with Crippen molar-refractivity contribution in [2.24, 2.45) is 16.7 Å². The average Bonchev–Trinajstić information content (AvgIpc) is 2.68. The Morgan fingerprint density at radius 3 is 2.44 bits per heavy atom. The fraction of sp³-hybridized carbons (Fsp3) is 0.786. The van der Waals surface area contributed by atoms with E-state index in [0.29, 0.717) is 0 Å². The molecule has 0 atom stereocenters. The minimum atomic E-state index is 0. The second-order valence-electron chi connectivity index (χ2n) is 6.41. The Kier molecular flexibility index (Phi) is 4.50. The summed E-state index contributed by atoms with van der Waals surface area (Å²) in [5.41, 5.74) is 1.63. The lowest BCUT2D eigenvalue weighted by Gasteiger charge is -2.15. The normalized spacial score (nSPS) is 24.8. The summed E-state index contributed by atoms with van der Waals surface area (Å²) in [6.45, 7) is 11.4. The highest BCUT2D eigenvalue weighted by molar-refractivity contribution is 5.85. The molecule has 0 unspecified atom stereocenters. The van der Waals surface area contributed by atoms with E-state index in [0.717, 1.165) is 26.1 Å². The van der Waals surface area contributed by atoms with Gasteiger partial charge >= 0.3 is 0 Å². The lowest BCUT2D eigenvalue weighted by atomic mass is 10.0. The predicted octanol–water partition coefficient (Wildman–Crippen LogP) is 2.13. The van der Waals surface area contributed by atoms with E-state index in [1.807, 2.05) is 0 Å². The van der Waals surface area contributed by atoms with Crippen LogP contribution in [0.5, 0.6) is 0 Å². The van der Waals surface area contributed by atoms with Gasteiger partial charge in [0.05, 0.1) is 0 Å². The molecule has 1 aliphatic heterocycles. The highest BCUT2D eigenvalue weighted by atomic mass is 35.5. The van der Waals surface area contributed by atoms with Crippen molar-refractivity contribution >= 4 is 18.3 Å². The Morgan fingerprint density at radius 2 is 2.00 bits per heavy atom. The summed E-state index contributed by atoms with van der Waals surface area (Å²) in [5, 5.41) is 6.37. The monoisotopic (exact) mass is 272 g/mol. The molecule has 0 radical (unpaired) electrons. The van der Waals surface area contributed by atoms with Crippen LogP contribution in [0.15, 0.2) is 11.6 Å². The summed E-state index contributed by atoms with van der Waals surface area (Å²) in [6, 6.07) is 0. The number of carbonyl (C=O) groups excluding carboxylic acids is 1. The molecule has 3 nitrogen and oxygen atoms in total. The topological polar surface area (TPSA) is 41.1 Å². The third-order valence-electron chi connectivity index (χ3n) is 4.93. The average molecular weight is 273 g/mol. The smallest absolute Gasteiger partial charge is 0.224 e. The summed E-state index contributed by atoms with van der Waals surface area (Å²) in [4.78, 5) is 12.1. The summed E-state index contributed by atoms with van der Waals surface area (Å²) in [6.07, 6.45) is 3.24. The molecule has 104 valence electrons. The quantitative estimate of drug-likeness (QED) is 0.773. The Balaban J connectivity index is 0.00000162. The molecule has 0 aromatic heterocycles. The second kappa shape index (κ2) is 5.22. The first kappa shape index (κ1) is 15.5. The van der Waals surface area contributed by atoms with E-state index in [-0.39, 0.29) is 35.1 Å².